The van der Waals surface area contributed by atoms with Crippen LogP contribution in [-0.4, -0.2) is 29.7 Å². The monoisotopic (exact) mass is 418 g/mol. The molecule has 0 spiro atoms. The van der Waals surface area contributed by atoms with Crippen molar-refractivity contribution in [1.29, 1.82) is 0 Å². The summed E-state index contributed by atoms with van der Waals surface area (Å²) < 4.78 is 24.0. The second kappa shape index (κ2) is 8.96. The minimum absolute atomic E-state index is 0.0745. The van der Waals surface area contributed by atoms with Gasteiger partial charge in [0.1, 0.15) is 11.4 Å². The van der Waals surface area contributed by atoms with Gasteiger partial charge in [-0.1, -0.05) is 18.6 Å². The third-order valence-corrected chi connectivity index (χ3v) is 6.39. The van der Waals surface area contributed by atoms with E-state index in [1.54, 1.807) is 6.26 Å². The van der Waals surface area contributed by atoms with E-state index in [2.05, 4.69) is 19.9 Å². The molecule has 3 heterocycles. The Morgan fingerprint density at radius 1 is 1.13 bits per heavy atom. The number of esters is 2. The summed E-state index contributed by atoms with van der Waals surface area (Å²) in [5, 5.41) is 0. The first kappa shape index (κ1) is 22.6. The van der Waals surface area contributed by atoms with Gasteiger partial charge in [-0.2, -0.15) is 0 Å². The maximum absolute atomic E-state index is 12.1. The molecule has 6 heteroatoms. The molecule has 0 radical (unpaired) electrons. The molecule has 5 atom stereocenters. The molecule has 0 aliphatic carbocycles. The van der Waals surface area contributed by atoms with Crippen molar-refractivity contribution in [2.24, 2.45) is 5.92 Å². The van der Waals surface area contributed by atoms with E-state index in [1.807, 2.05) is 13.8 Å². The summed E-state index contributed by atoms with van der Waals surface area (Å²) in [6.07, 6.45) is 6.63. The smallest absolute Gasteiger partial charge is 0.303 e. The molecule has 166 valence electrons. The molecule has 2 aliphatic heterocycles. The van der Waals surface area contributed by atoms with Gasteiger partial charge in [-0.25, -0.2) is 0 Å². The normalized spacial score (nSPS) is 33.9. The number of rotatable bonds is 2. The van der Waals surface area contributed by atoms with Gasteiger partial charge in [0.25, 0.3) is 0 Å². The van der Waals surface area contributed by atoms with E-state index in [-0.39, 0.29) is 6.10 Å². The van der Waals surface area contributed by atoms with Crippen molar-refractivity contribution >= 4 is 11.9 Å². The maximum Gasteiger partial charge on any atom is 0.303 e. The van der Waals surface area contributed by atoms with Crippen molar-refractivity contribution in [2.75, 3.05) is 0 Å². The Kier molecular flexibility index (Phi) is 6.75. The lowest BCUT2D eigenvalue weighted by Crippen LogP contribution is -2.47. The fourth-order valence-corrected chi connectivity index (χ4v) is 4.77. The quantitative estimate of drug-likeness (QED) is 0.498. The standard InChI is InChI=1S/C24H34O6/c1-14-8-7-9-15(2)19-10-11-24(6,30-19)23(29-18(5)26)22(28-17(4)25)21-16(3)13-27-20(21)12-14/h8,13,15,19,22-23H,7,9-12H2,1-6H3/b14-8+/t15-,19?,22?,23+,24-/m1/s1. The third kappa shape index (κ3) is 4.80. The highest BCUT2D eigenvalue weighted by molar-refractivity contribution is 5.68. The Hall–Kier alpha value is -2.08. The molecule has 2 aliphatic rings. The lowest BCUT2D eigenvalue weighted by molar-refractivity contribution is -0.197. The van der Waals surface area contributed by atoms with E-state index in [0.717, 1.165) is 42.6 Å². The largest absolute Gasteiger partial charge is 0.468 e. The van der Waals surface area contributed by atoms with Crippen LogP contribution in [0.15, 0.2) is 22.3 Å². The molecule has 0 amide bonds. The molecule has 6 nitrogen and oxygen atoms in total. The van der Waals surface area contributed by atoms with Gasteiger partial charge in [-0.15, -0.1) is 0 Å². The Bertz CT molecular complexity index is 822. The van der Waals surface area contributed by atoms with Crippen LogP contribution in [0.2, 0.25) is 0 Å². The number of ether oxygens (including phenoxy) is 3. The van der Waals surface area contributed by atoms with Crippen LogP contribution in [0.25, 0.3) is 0 Å². The fourth-order valence-electron chi connectivity index (χ4n) is 4.77. The maximum atomic E-state index is 12.1. The fraction of sp³-hybridized carbons (Fsp3) is 0.667. The number of carbonyl (C=O) groups is 2. The number of allylic oxidation sites excluding steroid dienone is 2. The zero-order valence-corrected chi connectivity index (χ0v) is 18.9. The summed E-state index contributed by atoms with van der Waals surface area (Å²) >= 11 is 0. The highest BCUT2D eigenvalue weighted by atomic mass is 16.6. The number of fused-ring (bicyclic) bond motifs is 3. The molecular formula is C24H34O6. The van der Waals surface area contributed by atoms with E-state index in [4.69, 9.17) is 18.6 Å². The summed E-state index contributed by atoms with van der Waals surface area (Å²) in [5.41, 5.74) is 2.06. The van der Waals surface area contributed by atoms with Crippen molar-refractivity contribution in [3.05, 3.63) is 34.8 Å². The SMILES string of the molecule is CC(=O)OC1c2c(C)coc2C/C(C)=C/CC[C@@H](C)C2CC[C@@](C)(O2)[C@H]1OC(C)=O. The Morgan fingerprint density at radius 2 is 1.83 bits per heavy atom. The predicted octanol–water partition coefficient (Wildman–Crippen LogP) is 4.98. The van der Waals surface area contributed by atoms with E-state index in [0.29, 0.717) is 12.3 Å². The van der Waals surface area contributed by atoms with Gasteiger partial charge in [-0.3, -0.25) is 9.59 Å². The van der Waals surface area contributed by atoms with Crippen molar-refractivity contribution in [3.8, 4) is 0 Å². The lowest BCUT2D eigenvalue weighted by Gasteiger charge is -2.38. The first-order valence-corrected chi connectivity index (χ1v) is 10.9. The number of furan rings is 1. The van der Waals surface area contributed by atoms with Gasteiger partial charge in [0, 0.05) is 25.8 Å². The first-order chi connectivity index (χ1) is 14.1. The first-order valence-electron chi connectivity index (χ1n) is 10.9. The summed E-state index contributed by atoms with van der Waals surface area (Å²) in [6.45, 7) is 10.9. The van der Waals surface area contributed by atoms with Gasteiger partial charge >= 0.3 is 11.9 Å². The molecule has 2 bridgehead atoms. The lowest BCUT2D eigenvalue weighted by atomic mass is 9.85. The molecule has 30 heavy (non-hydrogen) atoms. The highest BCUT2D eigenvalue weighted by Gasteiger charge is 2.51. The van der Waals surface area contributed by atoms with Gasteiger partial charge in [0.2, 0.25) is 0 Å². The van der Waals surface area contributed by atoms with Crippen LogP contribution in [0.1, 0.15) is 83.3 Å². The minimum atomic E-state index is -0.798. The van der Waals surface area contributed by atoms with Crippen LogP contribution >= 0.6 is 0 Å². The molecule has 1 fully saturated rings. The minimum Gasteiger partial charge on any atom is -0.468 e. The second-order valence-corrected chi connectivity index (χ2v) is 9.11. The number of hydrogen-bond acceptors (Lipinski definition) is 6. The predicted molar refractivity (Wildman–Crippen MR) is 112 cm³/mol. The van der Waals surface area contributed by atoms with Crippen LogP contribution in [0.4, 0.5) is 0 Å². The topological polar surface area (TPSA) is 75.0 Å². The van der Waals surface area contributed by atoms with Gasteiger partial charge in [-0.05, 0) is 57.9 Å². The van der Waals surface area contributed by atoms with Gasteiger partial charge in [0.15, 0.2) is 12.2 Å². The molecule has 0 N–H and O–H groups in total. The molecule has 0 aromatic carbocycles. The molecule has 1 saturated heterocycles. The zero-order chi connectivity index (χ0) is 22.1. The van der Waals surface area contributed by atoms with E-state index < -0.39 is 29.7 Å². The molecule has 1 aromatic heterocycles. The van der Waals surface area contributed by atoms with Gasteiger partial charge < -0.3 is 18.6 Å². The van der Waals surface area contributed by atoms with Crippen LogP contribution in [0.3, 0.4) is 0 Å². The average molecular weight is 419 g/mol. The van der Waals surface area contributed by atoms with E-state index >= 15 is 0 Å². The van der Waals surface area contributed by atoms with E-state index in [1.165, 1.54) is 19.4 Å². The van der Waals surface area contributed by atoms with Gasteiger partial charge in [0.05, 0.1) is 12.4 Å². The van der Waals surface area contributed by atoms with Crippen LogP contribution in [-0.2, 0) is 30.2 Å². The number of hydrogen-bond donors (Lipinski definition) is 0. The number of aryl methyl sites for hydroxylation is 1. The third-order valence-electron chi connectivity index (χ3n) is 6.39. The van der Waals surface area contributed by atoms with Crippen molar-refractivity contribution in [1.82, 2.24) is 0 Å². The average Bonchev–Trinajstić information content (AvgIpc) is 3.21. The highest BCUT2D eigenvalue weighted by Crippen LogP contribution is 2.45. The Labute approximate surface area is 178 Å². The molecule has 1 aromatic rings. The molecule has 0 saturated carbocycles. The second-order valence-electron chi connectivity index (χ2n) is 9.11. The Morgan fingerprint density at radius 3 is 2.50 bits per heavy atom. The van der Waals surface area contributed by atoms with Crippen LogP contribution in [0, 0.1) is 12.8 Å². The van der Waals surface area contributed by atoms with Crippen molar-refractivity contribution < 1.29 is 28.2 Å². The zero-order valence-electron chi connectivity index (χ0n) is 18.9. The van der Waals surface area contributed by atoms with Crippen LogP contribution in [0.5, 0.6) is 0 Å². The Balaban J connectivity index is 2.15. The number of carbonyl (C=O) groups excluding carboxylic acids is 2. The van der Waals surface area contributed by atoms with Crippen molar-refractivity contribution in [2.45, 2.75) is 97.6 Å². The molecule has 2 unspecified atom stereocenters. The summed E-state index contributed by atoms with van der Waals surface area (Å²) in [7, 11) is 0. The van der Waals surface area contributed by atoms with Crippen LogP contribution < -0.4 is 0 Å². The molecule has 3 rings (SSSR count). The molecular weight excluding hydrogens is 384 g/mol. The van der Waals surface area contributed by atoms with E-state index in [9.17, 15) is 9.59 Å². The summed E-state index contributed by atoms with van der Waals surface area (Å²) in [4.78, 5) is 24.2. The summed E-state index contributed by atoms with van der Waals surface area (Å²) in [6, 6.07) is 0. The summed E-state index contributed by atoms with van der Waals surface area (Å²) in [5.74, 6) is 0.239. The van der Waals surface area contributed by atoms with Crippen molar-refractivity contribution in [3.63, 3.8) is 0 Å².